The first-order valence-corrected chi connectivity index (χ1v) is 6.36. The van der Waals surface area contributed by atoms with E-state index in [0.717, 1.165) is 11.1 Å². The lowest BCUT2D eigenvalue weighted by atomic mass is 10.1. The second-order valence-corrected chi connectivity index (χ2v) is 4.35. The molecule has 0 aliphatic heterocycles. The van der Waals surface area contributed by atoms with Gasteiger partial charge < -0.3 is 4.84 Å². The summed E-state index contributed by atoms with van der Waals surface area (Å²) in [7, 11) is 0. The maximum Gasteiger partial charge on any atom is 0.263 e. The summed E-state index contributed by atoms with van der Waals surface area (Å²) >= 11 is 0. The van der Waals surface area contributed by atoms with Gasteiger partial charge in [-0.1, -0.05) is 60.3 Å². The molecule has 0 fully saturated rings. The molecular weight excluding hydrogens is 272 g/mol. The largest absolute Gasteiger partial charge is 0.390 e. The predicted molar refractivity (Wildman–Crippen MR) is 79.3 cm³/mol. The highest BCUT2D eigenvalue weighted by Gasteiger charge is 2.06. The van der Waals surface area contributed by atoms with Gasteiger partial charge in [0, 0.05) is 11.1 Å². The summed E-state index contributed by atoms with van der Waals surface area (Å²) in [5.74, 6) is 0. The molecule has 107 valence electrons. The third kappa shape index (κ3) is 4.53. The van der Waals surface area contributed by atoms with Gasteiger partial charge in [-0.25, -0.2) is 8.78 Å². The number of alkyl halides is 2. The van der Waals surface area contributed by atoms with Gasteiger partial charge in [0.2, 0.25) is 0 Å². The van der Waals surface area contributed by atoms with Gasteiger partial charge in [-0.15, -0.1) is 0 Å². The molecule has 0 saturated heterocycles. The van der Waals surface area contributed by atoms with Crippen LogP contribution < -0.4 is 0 Å². The van der Waals surface area contributed by atoms with Crippen molar-refractivity contribution in [3.05, 3.63) is 77.4 Å². The van der Waals surface area contributed by atoms with Crippen LogP contribution in [0.4, 0.5) is 8.78 Å². The second-order valence-electron chi connectivity index (χ2n) is 4.35. The van der Waals surface area contributed by atoms with Gasteiger partial charge in [-0.3, -0.25) is 0 Å². The molecule has 0 atom stereocenters. The van der Waals surface area contributed by atoms with Crippen LogP contribution in [0.15, 0.2) is 60.3 Å². The molecule has 0 spiro atoms. The molecule has 21 heavy (non-hydrogen) atoms. The molecule has 0 N–H and O–H groups in total. The van der Waals surface area contributed by atoms with Gasteiger partial charge in [-0.2, -0.15) is 0 Å². The van der Waals surface area contributed by atoms with Crippen molar-refractivity contribution in [1.82, 2.24) is 0 Å². The van der Waals surface area contributed by atoms with Crippen LogP contribution >= 0.6 is 0 Å². The molecule has 0 amide bonds. The zero-order valence-corrected chi connectivity index (χ0v) is 11.3. The van der Waals surface area contributed by atoms with Gasteiger partial charge in [0.15, 0.2) is 0 Å². The standard InChI is InChI=1S/C17H14F2NO/c1-2-13-6-8-14(9-7-13)12-21-20-11-15-4-3-5-16(10-15)17(18)19/h2-10,17H,1,12H2. The lowest BCUT2D eigenvalue weighted by Crippen LogP contribution is -1.90. The average Bonchev–Trinajstić information content (AvgIpc) is 2.52. The Morgan fingerprint density at radius 2 is 1.95 bits per heavy atom. The van der Waals surface area contributed by atoms with E-state index in [2.05, 4.69) is 17.9 Å². The molecule has 0 aliphatic carbocycles. The Bertz CT molecular complexity index is 621. The third-order valence-electron chi connectivity index (χ3n) is 2.82. The average molecular weight is 286 g/mol. The summed E-state index contributed by atoms with van der Waals surface area (Å²) in [4.78, 5) is 5.10. The first-order valence-electron chi connectivity index (χ1n) is 6.36. The van der Waals surface area contributed by atoms with Crippen molar-refractivity contribution < 1.29 is 13.6 Å². The predicted octanol–water partition coefficient (Wildman–Crippen LogP) is 4.69. The molecule has 0 saturated carbocycles. The van der Waals surface area contributed by atoms with Crippen molar-refractivity contribution in [3.63, 3.8) is 0 Å². The quantitative estimate of drug-likeness (QED) is 0.557. The zero-order chi connectivity index (χ0) is 15.1. The van der Waals surface area contributed by atoms with E-state index in [1.54, 1.807) is 12.1 Å². The van der Waals surface area contributed by atoms with E-state index < -0.39 is 6.43 Å². The number of benzene rings is 2. The van der Waals surface area contributed by atoms with E-state index in [0.29, 0.717) is 12.2 Å². The number of hydrogen-bond donors (Lipinski definition) is 0. The number of hydrogen-bond acceptors (Lipinski definition) is 2. The Hall–Kier alpha value is -2.49. The van der Waals surface area contributed by atoms with Gasteiger partial charge in [0.1, 0.15) is 12.8 Å². The van der Waals surface area contributed by atoms with Gasteiger partial charge in [0.05, 0.1) is 0 Å². The van der Waals surface area contributed by atoms with Gasteiger partial charge in [-0.05, 0) is 17.2 Å². The maximum atomic E-state index is 12.5. The summed E-state index contributed by atoms with van der Waals surface area (Å²) in [5.41, 5.74) is 2.37. The van der Waals surface area contributed by atoms with Crippen molar-refractivity contribution in [2.24, 2.45) is 5.16 Å². The van der Waals surface area contributed by atoms with Crippen molar-refractivity contribution in [2.45, 2.75) is 13.0 Å². The minimum atomic E-state index is -2.50. The Morgan fingerprint density at radius 1 is 1.19 bits per heavy atom. The summed E-state index contributed by atoms with van der Waals surface area (Å²) in [6.07, 6.45) is 1.84. The molecule has 4 heteroatoms. The normalized spacial score (nSPS) is 11.0. The first-order chi connectivity index (χ1) is 10.2. The fourth-order valence-electron chi connectivity index (χ4n) is 1.69. The van der Waals surface area contributed by atoms with E-state index in [1.807, 2.05) is 24.3 Å². The van der Waals surface area contributed by atoms with Crippen molar-refractivity contribution >= 4 is 12.3 Å². The van der Waals surface area contributed by atoms with Crippen molar-refractivity contribution in [3.8, 4) is 0 Å². The van der Waals surface area contributed by atoms with E-state index in [-0.39, 0.29) is 5.56 Å². The van der Waals surface area contributed by atoms with Crippen LogP contribution in [-0.4, -0.2) is 6.21 Å². The zero-order valence-electron chi connectivity index (χ0n) is 11.3. The molecule has 2 aromatic carbocycles. The van der Waals surface area contributed by atoms with Crippen LogP contribution in [0, 0.1) is 0 Å². The molecule has 0 aromatic heterocycles. The molecule has 0 bridgehead atoms. The molecule has 1 radical (unpaired) electrons. The monoisotopic (exact) mass is 286 g/mol. The summed E-state index contributed by atoms with van der Waals surface area (Å²) < 4.78 is 25.0. The minimum Gasteiger partial charge on any atom is -0.390 e. The molecule has 0 unspecified atom stereocenters. The Labute approximate surface area is 122 Å². The maximum absolute atomic E-state index is 12.5. The topological polar surface area (TPSA) is 21.6 Å². The van der Waals surface area contributed by atoms with Crippen LogP contribution in [0.5, 0.6) is 0 Å². The second kappa shape index (κ2) is 7.33. The molecule has 2 aromatic rings. The summed E-state index contributed by atoms with van der Waals surface area (Å²) in [6.45, 7) is 3.97. The smallest absolute Gasteiger partial charge is 0.263 e. The molecule has 0 aliphatic rings. The molecule has 2 rings (SSSR count). The minimum absolute atomic E-state index is 0.0600. The highest BCUT2D eigenvalue weighted by molar-refractivity contribution is 5.79. The summed E-state index contributed by atoms with van der Waals surface area (Å²) in [6, 6.07) is 13.5. The highest BCUT2D eigenvalue weighted by Crippen LogP contribution is 2.18. The van der Waals surface area contributed by atoms with E-state index in [9.17, 15) is 8.78 Å². The van der Waals surface area contributed by atoms with Gasteiger partial charge >= 0.3 is 0 Å². The van der Waals surface area contributed by atoms with Crippen LogP contribution in [0.1, 0.15) is 28.7 Å². The van der Waals surface area contributed by atoms with E-state index in [1.165, 1.54) is 18.2 Å². The molecule has 0 heterocycles. The Kier molecular flexibility index (Phi) is 5.21. The number of nitrogens with zero attached hydrogens (tertiary/aromatic N) is 1. The SMILES string of the molecule is C=Cc1ccc(CO/N=[C]\c2cccc(C(F)F)c2)cc1. The Morgan fingerprint density at radius 3 is 2.62 bits per heavy atom. The lowest BCUT2D eigenvalue weighted by Gasteiger charge is -2.01. The summed E-state index contributed by atoms with van der Waals surface area (Å²) in [5, 5.41) is 3.66. The van der Waals surface area contributed by atoms with Crippen molar-refractivity contribution in [1.29, 1.82) is 0 Å². The van der Waals surface area contributed by atoms with E-state index >= 15 is 0 Å². The van der Waals surface area contributed by atoms with Crippen LogP contribution in [-0.2, 0) is 11.4 Å². The lowest BCUT2D eigenvalue weighted by molar-refractivity contribution is 0.132. The van der Waals surface area contributed by atoms with Crippen LogP contribution in [0.2, 0.25) is 0 Å². The molecule has 2 nitrogen and oxygen atoms in total. The fraction of sp³-hybridized carbons (Fsp3) is 0.118. The number of rotatable bonds is 6. The highest BCUT2D eigenvalue weighted by atomic mass is 19.3. The van der Waals surface area contributed by atoms with Crippen LogP contribution in [0.25, 0.3) is 6.08 Å². The first kappa shape index (κ1) is 14.9. The number of halogens is 2. The Balaban J connectivity index is 1.90. The molecular formula is C17H14F2NO. The fourth-order valence-corrected chi connectivity index (χ4v) is 1.69. The van der Waals surface area contributed by atoms with Crippen molar-refractivity contribution in [2.75, 3.05) is 0 Å². The van der Waals surface area contributed by atoms with Gasteiger partial charge in [0.25, 0.3) is 6.43 Å². The third-order valence-corrected chi connectivity index (χ3v) is 2.82. The van der Waals surface area contributed by atoms with E-state index in [4.69, 9.17) is 4.84 Å². The van der Waals surface area contributed by atoms with Crippen LogP contribution in [0.3, 0.4) is 0 Å².